The molecule has 0 spiro atoms. The van der Waals surface area contributed by atoms with Gasteiger partial charge in [0.2, 0.25) is 0 Å². The van der Waals surface area contributed by atoms with E-state index in [9.17, 15) is 0 Å². The summed E-state index contributed by atoms with van der Waals surface area (Å²) < 4.78 is 2.70. The molecule has 4 aromatic rings. The monoisotopic (exact) mass is 366 g/mol. The second kappa shape index (κ2) is 5.77. The fraction of sp³-hybridized carbons (Fsp3) is 0. The highest BCUT2D eigenvalue weighted by molar-refractivity contribution is 9.10. The molecule has 0 bridgehead atoms. The molecule has 1 N–H and O–H groups in total. The van der Waals surface area contributed by atoms with Gasteiger partial charge in [-0.3, -0.25) is 5.10 Å². The van der Waals surface area contributed by atoms with Gasteiger partial charge in [0, 0.05) is 10.0 Å². The van der Waals surface area contributed by atoms with Crippen LogP contribution in [0.5, 0.6) is 0 Å². The number of aromatic nitrogens is 6. The zero-order valence-corrected chi connectivity index (χ0v) is 13.5. The summed E-state index contributed by atoms with van der Waals surface area (Å²) in [5, 5.41) is 19.3. The Balaban J connectivity index is 1.84. The molecule has 6 nitrogen and oxygen atoms in total. The Bertz CT molecular complexity index is 927. The van der Waals surface area contributed by atoms with Crippen LogP contribution in [-0.2, 0) is 0 Å². The molecule has 0 amide bonds. The largest absolute Gasteiger partial charge is 0.277 e. The van der Waals surface area contributed by atoms with Gasteiger partial charge in [-0.25, -0.2) is 0 Å². The molecule has 0 atom stereocenters. The van der Waals surface area contributed by atoms with Gasteiger partial charge in [0.1, 0.15) is 0 Å². The Labute approximate surface area is 140 Å². The summed E-state index contributed by atoms with van der Waals surface area (Å²) in [6.07, 6.45) is 1.74. The second-order valence-electron chi connectivity index (χ2n) is 4.92. The van der Waals surface area contributed by atoms with Crippen molar-refractivity contribution in [2.75, 3.05) is 0 Å². The van der Waals surface area contributed by atoms with Crippen molar-refractivity contribution in [3.63, 3.8) is 0 Å². The van der Waals surface area contributed by atoms with Crippen LogP contribution in [0.3, 0.4) is 0 Å². The summed E-state index contributed by atoms with van der Waals surface area (Å²) in [4.78, 5) is 0. The fourth-order valence-electron chi connectivity index (χ4n) is 2.39. The highest BCUT2D eigenvalue weighted by Crippen LogP contribution is 2.29. The van der Waals surface area contributed by atoms with Gasteiger partial charge in [-0.05, 0) is 34.7 Å². The first-order chi connectivity index (χ1) is 11.3. The second-order valence-corrected chi connectivity index (χ2v) is 5.83. The van der Waals surface area contributed by atoms with Crippen LogP contribution >= 0.6 is 15.9 Å². The van der Waals surface area contributed by atoms with Gasteiger partial charge in [0.25, 0.3) is 0 Å². The van der Waals surface area contributed by atoms with Crippen molar-refractivity contribution in [2.24, 2.45) is 0 Å². The summed E-state index contributed by atoms with van der Waals surface area (Å²) in [5.41, 5.74) is 3.65. The van der Waals surface area contributed by atoms with E-state index in [2.05, 4.69) is 41.7 Å². The Kier molecular flexibility index (Phi) is 3.47. The maximum atomic E-state index is 4.17. The van der Waals surface area contributed by atoms with Crippen molar-refractivity contribution < 1.29 is 0 Å². The van der Waals surface area contributed by atoms with Crippen LogP contribution in [0.2, 0.25) is 0 Å². The van der Waals surface area contributed by atoms with Crippen molar-refractivity contribution in [3.8, 4) is 28.3 Å². The molecule has 0 aliphatic rings. The van der Waals surface area contributed by atoms with E-state index < -0.39 is 0 Å². The summed E-state index contributed by atoms with van der Waals surface area (Å²) in [7, 11) is 0. The lowest BCUT2D eigenvalue weighted by molar-refractivity contribution is 0.791. The zero-order chi connectivity index (χ0) is 15.6. The SMILES string of the molecule is Brc1ccc(-n2nnnc2-c2cn[nH]c2-c2ccccc2)cc1. The maximum absolute atomic E-state index is 4.17. The van der Waals surface area contributed by atoms with Crippen LogP contribution in [0.25, 0.3) is 28.3 Å². The molecular formula is C16H11BrN6. The predicted molar refractivity (Wildman–Crippen MR) is 89.9 cm³/mol. The van der Waals surface area contributed by atoms with Gasteiger partial charge < -0.3 is 0 Å². The zero-order valence-electron chi connectivity index (χ0n) is 11.9. The molecule has 2 aromatic heterocycles. The lowest BCUT2D eigenvalue weighted by Crippen LogP contribution is -1.99. The number of rotatable bonds is 3. The average molecular weight is 367 g/mol. The standard InChI is InChI=1S/C16H11BrN6/c17-12-6-8-13(9-7-12)23-16(20-21-22-23)14-10-18-19-15(14)11-4-2-1-3-5-11/h1-10H,(H,18,19). The normalized spacial score (nSPS) is 10.8. The smallest absolute Gasteiger partial charge is 0.190 e. The molecular weight excluding hydrogens is 356 g/mol. The van der Waals surface area contributed by atoms with E-state index in [0.717, 1.165) is 27.0 Å². The summed E-state index contributed by atoms with van der Waals surface area (Å²) in [6.45, 7) is 0. The molecule has 2 aromatic carbocycles. The molecule has 23 heavy (non-hydrogen) atoms. The van der Waals surface area contributed by atoms with E-state index in [1.807, 2.05) is 54.6 Å². The van der Waals surface area contributed by atoms with Gasteiger partial charge in [0.15, 0.2) is 5.82 Å². The Hall–Kier alpha value is -2.80. The molecule has 7 heteroatoms. The number of benzene rings is 2. The minimum Gasteiger partial charge on any atom is -0.277 e. The molecule has 0 aliphatic heterocycles. The molecule has 112 valence electrons. The number of aromatic amines is 1. The first-order valence-electron chi connectivity index (χ1n) is 6.96. The summed E-state index contributed by atoms with van der Waals surface area (Å²) in [5.74, 6) is 0.639. The van der Waals surface area contributed by atoms with Crippen molar-refractivity contribution in [1.82, 2.24) is 30.4 Å². The maximum Gasteiger partial charge on any atom is 0.190 e. The van der Waals surface area contributed by atoms with Crippen LogP contribution in [-0.4, -0.2) is 30.4 Å². The Morgan fingerprint density at radius 2 is 1.74 bits per heavy atom. The molecule has 0 radical (unpaired) electrons. The van der Waals surface area contributed by atoms with Gasteiger partial charge in [-0.1, -0.05) is 46.3 Å². The van der Waals surface area contributed by atoms with E-state index in [0.29, 0.717) is 5.82 Å². The quantitative estimate of drug-likeness (QED) is 0.602. The molecule has 0 aliphatic carbocycles. The lowest BCUT2D eigenvalue weighted by Gasteiger charge is -2.05. The third-order valence-corrected chi connectivity index (χ3v) is 4.01. The van der Waals surface area contributed by atoms with E-state index >= 15 is 0 Å². The first-order valence-corrected chi connectivity index (χ1v) is 7.76. The Morgan fingerprint density at radius 3 is 2.52 bits per heavy atom. The molecule has 4 rings (SSSR count). The van der Waals surface area contributed by atoms with E-state index in [1.165, 1.54) is 0 Å². The fourth-order valence-corrected chi connectivity index (χ4v) is 2.66. The molecule has 2 heterocycles. The van der Waals surface area contributed by atoms with Crippen LogP contribution < -0.4 is 0 Å². The van der Waals surface area contributed by atoms with Gasteiger partial charge >= 0.3 is 0 Å². The van der Waals surface area contributed by atoms with Crippen LogP contribution in [0.1, 0.15) is 0 Å². The molecule has 0 saturated carbocycles. The molecule has 0 unspecified atom stereocenters. The topological polar surface area (TPSA) is 72.3 Å². The number of hydrogen-bond donors (Lipinski definition) is 1. The minimum absolute atomic E-state index is 0.639. The van der Waals surface area contributed by atoms with Gasteiger partial charge in [-0.15, -0.1) is 5.10 Å². The van der Waals surface area contributed by atoms with Crippen molar-refractivity contribution in [2.45, 2.75) is 0 Å². The van der Waals surface area contributed by atoms with Gasteiger partial charge in [-0.2, -0.15) is 9.78 Å². The first kappa shape index (κ1) is 13.8. The summed E-state index contributed by atoms with van der Waals surface area (Å²) in [6, 6.07) is 17.8. The van der Waals surface area contributed by atoms with E-state index in [-0.39, 0.29) is 0 Å². The van der Waals surface area contributed by atoms with E-state index in [1.54, 1.807) is 10.9 Å². The lowest BCUT2D eigenvalue weighted by atomic mass is 10.1. The highest BCUT2D eigenvalue weighted by Gasteiger charge is 2.17. The number of H-pyrrole nitrogens is 1. The Morgan fingerprint density at radius 1 is 0.957 bits per heavy atom. The van der Waals surface area contributed by atoms with Gasteiger partial charge in [0.05, 0.1) is 23.1 Å². The highest BCUT2D eigenvalue weighted by atomic mass is 79.9. The average Bonchev–Trinajstić information content (AvgIpc) is 3.25. The van der Waals surface area contributed by atoms with Crippen LogP contribution in [0, 0.1) is 0 Å². The predicted octanol–water partition coefficient (Wildman–Crippen LogP) is 3.48. The van der Waals surface area contributed by atoms with Crippen molar-refractivity contribution >= 4 is 15.9 Å². The number of nitrogens with one attached hydrogen (secondary N) is 1. The van der Waals surface area contributed by atoms with Crippen LogP contribution in [0.4, 0.5) is 0 Å². The molecule has 0 fully saturated rings. The third-order valence-electron chi connectivity index (χ3n) is 3.48. The summed E-state index contributed by atoms with van der Waals surface area (Å²) >= 11 is 3.43. The number of hydrogen-bond acceptors (Lipinski definition) is 4. The number of nitrogens with zero attached hydrogens (tertiary/aromatic N) is 5. The van der Waals surface area contributed by atoms with Crippen molar-refractivity contribution in [3.05, 3.63) is 65.3 Å². The number of halogens is 1. The van der Waals surface area contributed by atoms with Crippen molar-refractivity contribution in [1.29, 1.82) is 0 Å². The minimum atomic E-state index is 0.639. The van der Waals surface area contributed by atoms with Crippen LogP contribution in [0.15, 0.2) is 65.3 Å². The van der Waals surface area contributed by atoms with E-state index in [4.69, 9.17) is 0 Å². The third kappa shape index (κ3) is 2.55. The number of tetrazole rings is 1. The molecule has 0 saturated heterocycles.